The lowest BCUT2D eigenvalue weighted by molar-refractivity contribution is -0.123. The maximum Gasteiger partial charge on any atom is 0.263 e. The minimum Gasteiger partial charge on any atom is -0.302 e. The maximum absolute atomic E-state index is 12.2. The number of nitrogens with one attached hydrogen (secondary N) is 2. The highest BCUT2D eigenvalue weighted by molar-refractivity contribution is 7.80. The van der Waals surface area contributed by atoms with E-state index in [1.807, 2.05) is 12.1 Å². The van der Waals surface area contributed by atoms with Gasteiger partial charge in [0.15, 0.2) is 5.11 Å². The molecule has 0 bridgehead atoms. The number of thiocarbonyl (C=S) groups is 1. The summed E-state index contributed by atoms with van der Waals surface area (Å²) in [5.74, 6) is -0.963. The minimum absolute atomic E-state index is 0.0346. The first-order valence-electron chi connectivity index (χ1n) is 9.83. The van der Waals surface area contributed by atoms with Gasteiger partial charge in [0, 0.05) is 16.3 Å². The quantitative estimate of drug-likeness (QED) is 0.266. The SMILES string of the molecule is C[Si]1(C)c2ccccc2N(c2ccc(C=C3C(=O)NC(=S)NC3=O)s2)c2ccccc21. The standard InChI is InChI=1S/C23H19N3O2S2Si/c1-31(2)18-9-5-3-7-16(18)26(17-8-4-6-10-19(17)31)20-12-11-14(30-20)13-15-21(27)24-23(29)25-22(15)28/h3-13H,1-2H3,(H2,24,25,27,28,29). The monoisotopic (exact) mass is 461 g/mol. The van der Waals surface area contributed by atoms with Crippen LogP contribution in [0.3, 0.4) is 0 Å². The highest BCUT2D eigenvalue weighted by atomic mass is 32.1. The number of amides is 2. The lowest BCUT2D eigenvalue weighted by atomic mass is 10.2. The van der Waals surface area contributed by atoms with E-state index in [0.29, 0.717) is 0 Å². The highest BCUT2D eigenvalue weighted by Gasteiger charge is 2.38. The third-order valence-corrected chi connectivity index (χ3v) is 10.5. The summed E-state index contributed by atoms with van der Waals surface area (Å²) in [6, 6.07) is 21.1. The molecule has 1 aromatic heterocycles. The van der Waals surface area contributed by atoms with Gasteiger partial charge in [-0.15, -0.1) is 11.3 Å². The van der Waals surface area contributed by atoms with Gasteiger partial charge in [0.25, 0.3) is 11.8 Å². The second-order valence-corrected chi connectivity index (χ2v) is 13.8. The average Bonchev–Trinajstić information content (AvgIpc) is 3.19. The molecule has 154 valence electrons. The summed E-state index contributed by atoms with van der Waals surface area (Å²) in [5.41, 5.74) is 2.44. The predicted molar refractivity (Wildman–Crippen MR) is 133 cm³/mol. The number of anilines is 3. The smallest absolute Gasteiger partial charge is 0.263 e. The molecule has 2 aromatic carbocycles. The van der Waals surface area contributed by atoms with Crippen molar-refractivity contribution in [3.63, 3.8) is 0 Å². The van der Waals surface area contributed by atoms with Crippen LogP contribution < -0.4 is 25.9 Å². The van der Waals surface area contributed by atoms with Gasteiger partial charge in [0.05, 0.1) is 0 Å². The molecule has 1 saturated heterocycles. The second-order valence-electron chi connectivity index (χ2n) is 7.97. The molecule has 0 aliphatic carbocycles. The molecule has 8 heteroatoms. The van der Waals surface area contributed by atoms with Gasteiger partial charge >= 0.3 is 0 Å². The molecule has 2 aliphatic heterocycles. The Bertz CT molecular complexity index is 1220. The molecule has 2 amide bonds. The number of thiophene rings is 1. The van der Waals surface area contributed by atoms with Gasteiger partial charge in [-0.2, -0.15) is 0 Å². The first-order valence-corrected chi connectivity index (χ1v) is 14.1. The van der Waals surface area contributed by atoms with Gasteiger partial charge in [0.1, 0.15) is 18.6 Å². The summed E-state index contributed by atoms with van der Waals surface area (Å²) in [6.07, 6.45) is 1.61. The van der Waals surface area contributed by atoms with Crippen LogP contribution in [0.2, 0.25) is 13.1 Å². The van der Waals surface area contributed by atoms with Crippen LogP contribution in [0.25, 0.3) is 6.08 Å². The molecule has 3 heterocycles. The third kappa shape index (κ3) is 3.23. The third-order valence-electron chi connectivity index (χ3n) is 5.70. The molecule has 0 radical (unpaired) electrons. The first kappa shape index (κ1) is 19.9. The Morgan fingerprint density at radius 3 is 2.00 bits per heavy atom. The minimum atomic E-state index is -1.83. The number of carbonyl (C=O) groups is 2. The molecule has 3 aromatic rings. The number of nitrogens with zero attached hydrogens (tertiary/aromatic N) is 1. The molecule has 0 atom stereocenters. The molecule has 0 spiro atoms. The molecule has 1 fully saturated rings. The molecular formula is C23H19N3O2S2Si. The zero-order chi connectivity index (χ0) is 21.8. The molecule has 5 rings (SSSR count). The number of hydrogen-bond donors (Lipinski definition) is 2. The van der Waals surface area contributed by atoms with E-state index in [9.17, 15) is 9.59 Å². The van der Waals surface area contributed by atoms with Crippen LogP contribution in [-0.4, -0.2) is 25.0 Å². The summed E-state index contributed by atoms with van der Waals surface area (Å²) in [5, 5.41) is 8.80. The van der Waals surface area contributed by atoms with E-state index >= 15 is 0 Å². The fourth-order valence-electron chi connectivity index (χ4n) is 4.20. The Hall–Kier alpha value is -3.07. The fourth-order valence-corrected chi connectivity index (χ4v) is 8.35. The van der Waals surface area contributed by atoms with Crippen LogP contribution in [0.15, 0.2) is 66.2 Å². The van der Waals surface area contributed by atoms with Gasteiger partial charge in [-0.3, -0.25) is 20.2 Å². The van der Waals surface area contributed by atoms with Crippen LogP contribution in [0, 0.1) is 0 Å². The number of benzene rings is 2. The van der Waals surface area contributed by atoms with E-state index in [1.165, 1.54) is 33.1 Å². The van der Waals surface area contributed by atoms with Crippen LogP contribution in [0.1, 0.15) is 4.88 Å². The van der Waals surface area contributed by atoms with Crippen molar-refractivity contribution in [3.05, 3.63) is 71.1 Å². The van der Waals surface area contributed by atoms with E-state index < -0.39 is 19.9 Å². The van der Waals surface area contributed by atoms with Gasteiger partial charge in [-0.25, -0.2) is 0 Å². The van der Waals surface area contributed by atoms with Crippen molar-refractivity contribution in [2.45, 2.75) is 13.1 Å². The summed E-state index contributed by atoms with van der Waals surface area (Å²) >= 11 is 6.41. The number of para-hydroxylation sites is 2. The van der Waals surface area contributed by atoms with Gasteiger partial charge in [-0.05, 0) is 52.9 Å². The van der Waals surface area contributed by atoms with E-state index in [0.717, 1.165) is 9.88 Å². The van der Waals surface area contributed by atoms with Crippen LogP contribution in [0.5, 0.6) is 0 Å². The maximum atomic E-state index is 12.2. The zero-order valence-corrected chi connectivity index (χ0v) is 19.6. The average molecular weight is 462 g/mol. The van der Waals surface area contributed by atoms with E-state index in [1.54, 1.807) is 6.08 Å². The number of rotatable bonds is 2. The van der Waals surface area contributed by atoms with E-state index in [2.05, 4.69) is 77.2 Å². The van der Waals surface area contributed by atoms with E-state index in [4.69, 9.17) is 12.2 Å². The Morgan fingerprint density at radius 1 is 0.871 bits per heavy atom. The number of hydrogen-bond acceptors (Lipinski definition) is 5. The van der Waals surface area contributed by atoms with Crippen molar-refractivity contribution in [3.8, 4) is 0 Å². The van der Waals surface area contributed by atoms with Gasteiger partial charge < -0.3 is 4.90 Å². The number of carbonyl (C=O) groups excluding carboxylic acids is 2. The molecule has 2 N–H and O–H groups in total. The molecule has 31 heavy (non-hydrogen) atoms. The van der Waals surface area contributed by atoms with E-state index in [-0.39, 0.29) is 10.7 Å². The van der Waals surface area contributed by atoms with Crippen molar-refractivity contribution in [2.75, 3.05) is 4.90 Å². The topological polar surface area (TPSA) is 61.4 Å². The largest absolute Gasteiger partial charge is 0.302 e. The molecule has 0 unspecified atom stereocenters. The lowest BCUT2D eigenvalue weighted by Gasteiger charge is -2.40. The Balaban J connectivity index is 1.61. The van der Waals surface area contributed by atoms with Crippen molar-refractivity contribution in [1.29, 1.82) is 0 Å². The molecule has 2 aliphatic rings. The Morgan fingerprint density at radius 2 is 1.42 bits per heavy atom. The fraction of sp³-hybridized carbons (Fsp3) is 0.0870. The van der Waals surface area contributed by atoms with Crippen molar-refractivity contribution >= 4 is 81.4 Å². The lowest BCUT2D eigenvalue weighted by Crippen LogP contribution is -2.58. The summed E-state index contributed by atoms with van der Waals surface area (Å²) in [7, 11) is -1.83. The molecule has 5 nitrogen and oxygen atoms in total. The Kier molecular flexibility index (Phi) is 4.65. The van der Waals surface area contributed by atoms with Crippen molar-refractivity contribution in [1.82, 2.24) is 10.6 Å². The summed E-state index contributed by atoms with van der Waals surface area (Å²) < 4.78 is 0. The highest BCUT2D eigenvalue weighted by Crippen LogP contribution is 2.41. The van der Waals surface area contributed by atoms with Gasteiger partial charge in [0.2, 0.25) is 0 Å². The van der Waals surface area contributed by atoms with Crippen LogP contribution in [-0.2, 0) is 9.59 Å². The van der Waals surface area contributed by atoms with Gasteiger partial charge in [-0.1, -0.05) is 49.5 Å². The number of fused-ring (bicyclic) bond motifs is 2. The Labute approximate surface area is 190 Å². The van der Waals surface area contributed by atoms with Crippen molar-refractivity contribution in [2.24, 2.45) is 0 Å². The van der Waals surface area contributed by atoms with Crippen molar-refractivity contribution < 1.29 is 9.59 Å². The molecular weight excluding hydrogens is 442 g/mol. The zero-order valence-electron chi connectivity index (χ0n) is 16.9. The predicted octanol–water partition coefficient (Wildman–Crippen LogP) is 3.27. The second kappa shape index (κ2) is 7.26. The van der Waals surface area contributed by atoms with Crippen LogP contribution in [0.4, 0.5) is 16.4 Å². The van der Waals surface area contributed by atoms with Crippen LogP contribution >= 0.6 is 23.6 Å². The first-order chi connectivity index (χ1) is 14.9. The summed E-state index contributed by atoms with van der Waals surface area (Å²) in [4.78, 5) is 27.5. The summed E-state index contributed by atoms with van der Waals surface area (Å²) in [6.45, 7) is 4.77. The molecule has 0 saturated carbocycles. The normalized spacial score (nSPS) is 16.9.